The van der Waals surface area contributed by atoms with E-state index in [0.717, 1.165) is 0 Å². The Labute approximate surface area is 160 Å². The van der Waals surface area contributed by atoms with Crippen molar-refractivity contribution in [1.29, 1.82) is 0 Å². The summed E-state index contributed by atoms with van der Waals surface area (Å²) in [5.41, 5.74) is -0.0368. The zero-order chi connectivity index (χ0) is 20.2. The standard InChI is InChI=1S/C16H16ClN3O6S/c1-10(16(21)18-12-4-3-5-13(9-12)20(22)23)19-27(24,25)15-8-11(17)6-7-14(15)26-2/h3-10,19H,1-2H3,(H,18,21)/t10-/m1/s1. The molecular formula is C16H16ClN3O6S. The summed E-state index contributed by atoms with van der Waals surface area (Å²) in [6.45, 7) is 1.33. The third-order valence-corrected chi connectivity index (χ3v) is 5.26. The van der Waals surface area contributed by atoms with Crippen molar-refractivity contribution in [2.24, 2.45) is 0 Å². The van der Waals surface area contributed by atoms with Gasteiger partial charge in [0, 0.05) is 22.8 Å². The molecule has 1 atom stereocenters. The van der Waals surface area contributed by atoms with Crippen molar-refractivity contribution < 1.29 is 22.9 Å². The average molecular weight is 414 g/mol. The molecule has 2 N–H and O–H groups in total. The molecule has 0 fully saturated rings. The lowest BCUT2D eigenvalue weighted by Gasteiger charge is -2.16. The second-order valence-corrected chi connectivity index (χ2v) is 7.55. The SMILES string of the molecule is COc1ccc(Cl)cc1S(=O)(=O)N[C@H](C)C(=O)Nc1cccc([N+](=O)[O-])c1. The summed E-state index contributed by atoms with van der Waals surface area (Å²) in [5.74, 6) is -0.627. The number of amides is 1. The molecular weight excluding hydrogens is 398 g/mol. The van der Waals surface area contributed by atoms with E-state index >= 15 is 0 Å². The predicted octanol–water partition coefficient (Wildman–Crippen LogP) is 2.56. The van der Waals surface area contributed by atoms with Gasteiger partial charge in [0.1, 0.15) is 10.6 Å². The van der Waals surface area contributed by atoms with Gasteiger partial charge in [-0.2, -0.15) is 4.72 Å². The van der Waals surface area contributed by atoms with Crippen LogP contribution in [0.5, 0.6) is 5.75 Å². The number of nitro benzene ring substituents is 1. The number of methoxy groups -OCH3 is 1. The minimum absolute atomic E-state index is 0.0678. The van der Waals surface area contributed by atoms with Crippen LogP contribution in [0.25, 0.3) is 0 Å². The van der Waals surface area contributed by atoms with Crippen LogP contribution in [0.15, 0.2) is 47.4 Å². The fourth-order valence-corrected chi connectivity index (χ4v) is 3.79. The molecule has 0 bridgehead atoms. The number of ether oxygens (including phenoxy) is 1. The largest absolute Gasteiger partial charge is 0.495 e. The number of carbonyl (C=O) groups excluding carboxylic acids is 1. The van der Waals surface area contributed by atoms with Gasteiger partial charge >= 0.3 is 0 Å². The molecule has 0 aliphatic heterocycles. The molecule has 144 valence electrons. The number of anilines is 1. The summed E-state index contributed by atoms with van der Waals surface area (Å²) < 4.78 is 32.3. The number of hydrogen-bond donors (Lipinski definition) is 2. The van der Waals surface area contributed by atoms with Crippen LogP contribution in [-0.4, -0.2) is 32.4 Å². The van der Waals surface area contributed by atoms with Gasteiger partial charge in [0.15, 0.2) is 0 Å². The van der Waals surface area contributed by atoms with E-state index in [1.165, 1.54) is 56.5 Å². The normalized spacial score (nSPS) is 12.3. The Morgan fingerprint density at radius 3 is 2.59 bits per heavy atom. The second kappa shape index (κ2) is 8.33. The Morgan fingerprint density at radius 2 is 1.96 bits per heavy atom. The van der Waals surface area contributed by atoms with Gasteiger partial charge < -0.3 is 10.1 Å². The minimum atomic E-state index is -4.11. The van der Waals surface area contributed by atoms with Gasteiger partial charge in [0.05, 0.1) is 18.1 Å². The zero-order valence-corrected chi connectivity index (χ0v) is 15.9. The molecule has 0 saturated heterocycles. The van der Waals surface area contributed by atoms with Crippen molar-refractivity contribution in [3.8, 4) is 5.75 Å². The maximum Gasteiger partial charge on any atom is 0.271 e. The van der Waals surface area contributed by atoms with Gasteiger partial charge in [-0.25, -0.2) is 8.42 Å². The monoisotopic (exact) mass is 413 g/mol. The molecule has 0 heterocycles. The van der Waals surface area contributed by atoms with E-state index in [4.69, 9.17) is 16.3 Å². The van der Waals surface area contributed by atoms with Crippen LogP contribution in [0.1, 0.15) is 6.92 Å². The van der Waals surface area contributed by atoms with Crippen molar-refractivity contribution >= 4 is 38.9 Å². The molecule has 1 amide bonds. The summed E-state index contributed by atoms with van der Waals surface area (Å²) in [6.07, 6.45) is 0. The maximum atomic E-state index is 12.6. The van der Waals surface area contributed by atoms with Crippen molar-refractivity contribution in [2.45, 2.75) is 17.9 Å². The van der Waals surface area contributed by atoms with Gasteiger partial charge in [-0.05, 0) is 31.2 Å². The van der Waals surface area contributed by atoms with Crippen LogP contribution >= 0.6 is 11.6 Å². The molecule has 0 radical (unpaired) electrons. The first-order valence-electron chi connectivity index (χ1n) is 7.55. The topological polar surface area (TPSA) is 128 Å². The first kappa shape index (κ1) is 20.6. The summed E-state index contributed by atoms with van der Waals surface area (Å²) >= 11 is 5.84. The van der Waals surface area contributed by atoms with E-state index in [0.29, 0.717) is 0 Å². The number of halogens is 1. The first-order valence-corrected chi connectivity index (χ1v) is 9.41. The number of nitrogens with one attached hydrogen (secondary N) is 2. The third kappa shape index (κ3) is 5.16. The van der Waals surface area contributed by atoms with E-state index in [1.807, 2.05) is 0 Å². The fraction of sp³-hybridized carbons (Fsp3) is 0.188. The van der Waals surface area contributed by atoms with E-state index < -0.39 is 26.9 Å². The van der Waals surface area contributed by atoms with Crippen LogP contribution < -0.4 is 14.8 Å². The number of hydrogen-bond acceptors (Lipinski definition) is 6. The maximum absolute atomic E-state index is 12.6. The lowest BCUT2D eigenvalue weighted by Crippen LogP contribution is -2.41. The summed E-state index contributed by atoms with van der Waals surface area (Å²) in [7, 11) is -2.81. The highest BCUT2D eigenvalue weighted by atomic mass is 35.5. The molecule has 11 heteroatoms. The number of benzene rings is 2. The van der Waals surface area contributed by atoms with Crippen molar-refractivity contribution in [2.75, 3.05) is 12.4 Å². The van der Waals surface area contributed by atoms with Gasteiger partial charge in [-0.15, -0.1) is 0 Å². The zero-order valence-electron chi connectivity index (χ0n) is 14.3. The smallest absolute Gasteiger partial charge is 0.271 e. The average Bonchev–Trinajstić information content (AvgIpc) is 2.61. The molecule has 0 aliphatic carbocycles. The van der Waals surface area contributed by atoms with Crippen molar-refractivity contribution in [1.82, 2.24) is 4.72 Å². The molecule has 0 saturated carbocycles. The molecule has 0 spiro atoms. The van der Waals surface area contributed by atoms with Crippen molar-refractivity contribution in [3.63, 3.8) is 0 Å². The third-order valence-electron chi connectivity index (χ3n) is 3.46. The van der Waals surface area contributed by atoms with E-state index in [-0.39, 0.29) is 27.0 Å². The van der Waals surface area contributed by atoms with Gasteiger partial charge in [0.25, 0.3) is 5.69 Å². The molecule has 2 aromatic rings. The molecule has 2 aromatic carbocycles. The van der Waals surface area contributed by atoms with E-state index in [1.54, 1.807) is 0 Å². The Morgan fingerprint density at radius 1 is 1.26 bits per heavy atom. The number of carbonyl (C=O) groups is 1. The van der Waals surface area contributed by atoms with Crippen LogP contribution in [0.4, 0.5) is 11.4 Å². The lowest BCUT2D eigenvalue weighted by molar-refractivity contribution is -0.384. The Kier molecular flexibility index (Phi) is 6.37. The molecule has 9 nitrogen and oxygen atoms in total. The van der Waals surface area contributed by atoms with Crippen LogP contribution in [0.3, 0.4) is 0 Å². The molecule has 0 aliphatic rings. The molecule has 0 unspecified atom stereocenters. The van der Waals surface area contributed by atoms with Gasteiger partial charge in [-0.1, -0.05) is 17.7 Å². The highest BCUT2D eigenvalue weighted by Gasteiger charge is 2.25. The Bertz CT molecular complexity index is 980. The van der Waals surface area contributed by atoms with Crippen LogP contribution in [0, 0.1) is 10.1 Å². The van der Waals surface area contributed by atoms with Gasteiger partial charge in [0.2, 0.25) is 15.9 Å². The highest BCUT2D eigenvalue weighted by molar-refractivity contribution is 7.89. The number of non-ortho nitro benzene ring substituents is 1. The molecule has 2 rings (SSSR count). The Hall–Kier alpha value is -2.69. The van der Waals surface area contributed by atoms with Crippen LogP contribution in [-0.2, 0) is 14.8 Å². The second-order valence-electron chi connectivity index (χ2n) is 5.43. The summed E-state index contributed by atoms with van der Waals surface area (Å²) in [6, 6.07) is 8.19. The molecule has 0 aromatic heterocycles. The Balaban J connectivity index is 2.17. The predicted molar refractivity (Wildman–Crippen MR) is 99.5 cm³/mol. The molecule has 27 heavy (non-hydrogen) atoms. The number of rotatable bonds is 7. The fourth-order valence-electron chi connectivity index (χ4n) is 2.16. The highest BCUT2D eigenvalue weighted by Crippen LogP contribution is 2.27. The van der Waals surface area contributed by atoms with Gasteiger partial charge in [-0.3, -0.25) is 14.9 Å². The summed E-state index contributed by atoms with van der Waals surface area (Å²) in [5, 5.41) is 13.4. The van der Waals surface area contributed by atoms with Crippen molar-refractivity contribution in [3.05, 3.63) is 57.6 Å². The minimum Gasteiger partial charge on any atom is -0.495 e. The quantitative estimate of drug-likeness (QED) is 0.530. The number of sulfonamides is 1. The van der Waals surface area contributed by atoms with E-state index in [9.17, 15) is 23.3 Å². The number of nitrogens with zero attached hydrogens (tertiary/aromatic N) is 1. The first-order chi connectivity index (χ1) is 12.6. The lowest BCUT2D eigenvalue weighted by atomic mass is 10.2. The van der Waals surface area contributed by atoms with E-state index in [2.05, 4.69) is 10.0 Å². The number of nitro groups is 1. The van der Waals surface area contributed by atoms with Crippen LogP contribution in [0.2, 0.25) is 5.02 Å². The summed E-state index contributed by atoms with van der Waals surface area (Å²) in [4.78, 5) is 22.2.